The maximum atomic E-state index is 13.1. The first kappa shape index (κ1) is 18.8. The Bertz CT molecular complexity index is 695. The Labute approximate surface area is 140 Å². The first-order valence-electron chi connectivity index (χ1n) is 8.03. The second kappa shape index (κ2) is 8.02. The quantitative estimate of drug-likeness (QED) is 0.818. The molecular formula is C16H22F2N2O3S. The molecule has 0 aliphatic heterocycles. The summed E-state index contributed by atoms with van der Waals surface area (Å²) in [5.74, 6) is -2.15. The van der Waals surface area contributed by atoms with E-state index < -0.39 is 21.7 Å². The highest BCUT2D eigenvalue weighted by molar-refractivity contribution is 7.89. The van der Waals surface area contributed by atoms with Crippen molar-refractivity contribution in [3.05, 3.63) is 29.8 Å². The van der Waals surface area contributed by atoms with Gasteiger partial charge in [0.15, 0.2) is 11.6 Å². The van der Waals surface area contributed by atoms with Gasteiger partial charge in [-0.3, -0.25) is 4.79 Å². The number of carbonyl (C=O) groups is 1. The molecule has 1 aliphatic carbocycles. The summed E-state index contributed by atoms with van der Waals surface area (Å²) < 4.78 is 52.2. The monoisotopic (exact) mass is 360 g/mol. The third kappa shape index (κ3) is 4.98. The number of amides is 1. The highest BCUT2D eigenvalue weighted by Crippen LogP contribution is 2.23. The van der Waals surface area contributed by atoms with E-state index in [-0.39, 0.29) is 29.8 Å². The number of carbonyl (C=O) groups excluding carboxylic acids is 1. The average Bonchev–Trinajstić information content (AvgIpc) is 2.52. The molecule has 2 atom stereocenters. The van der Waals surface area contributed by atoms with Crippen LogP contribution in [0.1, 0.15) is 39.0 Å². The van der Waals surface area contributed by atoms with Gasteiger partial charge in [0.1, 0.15) is 0 Å². The van der Waals surface area contributed by atoms with E-state index in [1.807, 2.05) is 0 Å². The van der Waals surface area contributed by atoms with Gasteiger partial charge in [-0.25, -0.2) is 21.9 Å². The summed E-state index contributed by atoms with van der Waals surface area (Å²) in [6, 6.07) is 2.47. The first-order chi connectivity index (χ1) is 11.3. The van der Waals surface area contributed by atoms with Crippen molar-refractivity contribution in [2.75, 3.05) is 6.54 Å². The lowest BCUT2D eigenvalue weighted by atomic mass is 9.86. The lowest BCUT2D eigenvalue weighted by Gasteiger charge is -2.29. The molecule has 5 nitrogen and oxygen atoms in total. The summed E-state index contributed by atoms with van der Waals surface area (Å²) in [5.41, 5.74) is 0. The molecule has 134 valence electrons. The highest BCUT2D eigenvalue weighted by Gasteiger charge is 2.23. The number of nitrogens with one attached hydrogen (secondary N) is 2. The molecule has 0 saturated heterocycles. The predicted molar refractivity (Wildman–Crippen MR) is 85.7 cm³/mol. The van der Waals surface area contributed by atoms with Crippen molar-refractivity contribution in [3.8, 4) is 0 Å². The van der Waals surface area contributed by atoms with Crippen LogP contribution in [-0.2, 0) is 14.8 Å². The van der Waals surface area contributed by atoms with Crippen LogP contribution >= 0.6 is 0 Å². The first-order valence-corrected chi connectivity index (χ1v) is 9.52. The van der Waals surface area contributed by atoms with E-state index in [4.69, 9.17) is 0 Å². The molecule has 1 aromatic carbocycles. The van der Waals surface area contributed by atoms with Gasteiger partial charge >= 0.3 is 0 Å². The summed E-state index contributed by atoms with van der Waals surface area (Å²) in [7, 11) is -3.98. The van der Waals surface area contributed by atoms with Crippen LogP contribution in [0.25, 0.3) is 0 Å². The van der Waals surface area contributed by atoms with Crippen molar-refractivity contribution in [2.24, 2.45) is 5.92 Å². The molecule has 2 N–H and O–H groups in total. The van der Waals surface area contributed by atoms with Gasteiger partial charge < -0.3 is 5.32 Å². The van der Waals surface area contributed by atoms with E-state index in [2.05, 4.69) is 17.0 Å². The summed E-state index contributed by atoms with van der Waals surface area (Å²) in [6.07, 6.45) is 4.26. The Kier molecular flexibility index (Phi) is 6.28. The van der Waals surface area contributed by atoms with Gasteiger partial charge in [-0.05, 0) is 37.0 Å². The van der Waals surface area contributed by atoms with E-state index in [0.29, 0.717) is 12.0 Å². The zero-order valence-corrected chi connectivity index (χ0v) is 14.3. The average molecular weight is 360 g/mol. The number of hydrogen-bond acceptors (Lipinski definition) is 3. The number of hydrogen-bond donors (Lipinski definition) is 2. The zero-order valence-electron chi connectivity index (χ0n) is 13.5. The SMILES string of the molecule is C[C@@H]1CCCC[C@@H]1NC(=O)CCNS(=O)(=O)c1ccc(F)c(F)c1. The minimum Gasteiger partial charge on any atom is -0.353 e. The van der Waals surface area contributed by atoms with E-state index in [1.54, 1.807) is 0 Å². The van der Waals surface area contributed by atoms with Crippen molar-refractivity contribution >= 4 is 15.9 Å². The van der Waals surface area contributed by atoms with Crippen LogP contribution < -0.4 is 10.0 Å². The Morgan fingerprint density at radius 2 is 1.92 bits per heavy atom. The van der Waals surface area contributed by atoms with Crippen molar-refractivity contribution in [1.82, 2.24) is 10.0 Å². The molecule has 1 amide bonds. The maximum Gasteiger partial charge on any atom is 0.240 e. The molecule has 8 heteroatoms. The van der Waals surface area contributed by atoms with E-state index in [0.717, 1.165) is 31.4 Å². The summed E-state index contributed by atoms with van der Waals surface area (Å²) in [6.45, 7) is 1.99. The molecule has 1 fully saturated rings. The molecular weight excluding hydrogens is 338 g/mol. The van der Waals surface area contributed by atoms with Crippen LogP contribution in [0, 0.1) is 17.6 Å². The minimum absolute atomic E-state index is 0.00781. The van der Waals surface area contributed by atoms with Gasteiger partial charge in [-0.15, -0.1) is 0 Å². The fourth-order valence-electron chi connectivity index (χ4n) is 2.84. The smallest absolute Gasteiger partial charge is 0.240 e. The standard InChI is InChI=1S/C16H22F2N2O3S/c1-11-4-2-3-5-15(11)20-16(21)8-9-19-24(22,23)12-6-7-13(17)14(18)10-12/h6-7,10-11,15,19H,2-5,8-9H2,1H3,(H,20,21)/t11-,15+/m1/s1. The number of rotatable bonds is 6. The topological polar surface area (TPSA) is 75.3 Å². The van der Waals surface area contributed by atoms with Crippen molar-refractivity contribution in [2.45, 2.75) is 50.0 Å². The summed E-state index contributed by atoms with van der Waals surface area (Å²) in [4.78, 5) is 11.5. The molecule has 0 spiro atoms. The molecule has 0 aromatic heterocycles. The van der Waals surface area contributed by atoms with Gasteiger partial charge in [0, 0.05) is 19.0 Å². The molecule has 2 rings (SSSR count). The minimum atomic E-state index is -3.98. The number of benzene rings is 1. The van der Waals surface area contributed by atoms with E-state index in [1.165, 1.54) is 6.42 Å². The maximum absolute atomic E-state index is 13.1. The summed E-state index contributed by atoms with van der Waals surface area (Å²) >= 11 is 0. The molecule has 0 unspecified atom stereocenters. The Morgan fingerprint density at radius 1 is 1.21 bits per heavy atom. The van der Waals surface area contributed by atoms with Crippen LogP contribution in [0.4, 0.5) is 8.78 Å². The fraction of sp³-hybridized carbons (Fsp3) is 0.562. The van der Waals surface area contributed by atoms with Crippen LogP contribution in [-0.4, -0.2) is 26.9 Å². The van der Waals surface area contributed by atoms with Crippen LogP contribution in [0.3, 0.4) is 0 Å². The zero-order chi connectivity index (χ0) is 17.7. The second-order valence-corrected chi connectivity index (χ2v) is 7.93. The molecule has 24 heavy (non-hydrogen) atoms. The van der Waals surface area contributed by atoms with Gasteiger partial charge in [0.2, 0.25) is 15.9 Å². The van der Waals surface area contributed by atoms with Crippen molar-refractivity contribution in [1.29, 1.82) is 0 Å². The normalized spacial score (nSPS) is 21.5. The molecule has 0 radical (unpaired) electrons. The van der Waals surface area contributed by atoms with E-state index >= 15 is 0 Å². The van der Waals surface area contributed by atoms with Crippen LogP contribution in [0.5, 0.6) is 0 Å². The van der Waals surface area contributed by atoms with Crippen LogP contribution in [0.2, 0.25) is 0 Å². The number of sulfonamides is 1. The van der Waals surface area contributed by atoms with Crippen molar-refractivity contribution in [3.63, 3.8) is 0 Å². The van der Waals surface area contributed by atoms with Gasteiger partial charge in [-0.1, -0.05) is 19.8 Å². The molecule has 1 aromatic rings. The lowest BCUT2D eigenvalue weighted by Crippen LogP contribution is -2.42. The second-order valence-electron chi connectivity index (χ2n) is 6.16. The largest absolute Gasteiger partial charge is 0.353 e. The molecule has 1 aliphatic rings. The summed E-state index contributed by atoms with van der Waals surface area (Å²) in [5, 5.41) is 2.93. The molecule has 0 heterocycles. The third-order valence-corrected chi connectivity index (χ3v) is 5.76. The Morgan fingerprint density at radius 3 is 2.58 bits per heavy atom. The van der Waals surface area contributed by atoms with E-state index in [9.17, 15) is 22.0 Å². The Hall–Kier alpha value is -1.54. The van der Waals surface area contributed by atoms with Gasteiger partial charge in [-0.2, -0.15) is 0 Å². The highest BCUT2D eigenvalue weighted by atomic mass is 32.2. The third-order valence-electron chi connectivity index (χ3n) is 4.30. The predicted octanol–water partition coefficient (Wildman–Crippen LogP) is 2.33. The Balaban J connectivity index is 1.83. The fourth-order valence-corrected chi connectivity index (χ4v) is 3.88. The van der Waals surface area contributed by atoms with Gasteiger partial charge in [0.25, 0.3) is 0 Å². The van der Waals surface area contributed by atoms with Crippen LogP contribution in [0.15, 0.2) is 23.1 Å². The molecule has 0 bridgehead atoms. The van der Waals surface area contributed by atoms with Gasteiger partial charge in [0.05, 0.1) is 4.90 Å². The van der Waals surface area contributed by atoms with Crippen molar-refractivity contribution < 1.29 is 22.0 Å². The molecule has 1 saturated carbocycles. The number of halogens is 2. The lowest BCUT2D eigenvalue weighted by molar-refractivity contribution is -0.122.